The fourth-order valence-electron chi connectivity index (χ4n) is 8.40. The van der Waals surface area contributed by atoms with Crippen molar-refractivity contribution in [3.05, 3.63) is 215 Å². The fraction of sp³-hybridized carbons (Fsp3) is 0.196. The first kappa shape index (κ1) is 44.5. The Kier molecular flexibility index (Phi) is 13.5. The molecule has 8 rings (SSSR count). The Hall–Kier alpha value is -7.07. The minimum absolute atomic E-state index is 0.175. The molecule has 0 saturated heterocycles. The van der Waals surface area contributed by atoms with Gasteiger partial charge in [-0.1, -0.05) is 164 Å². The van der Waals surface area contributed by atoms with E-state index >= 15 is 0 Å². The number of nitrogens with two attached hydrogens (primary N) is 1. The minimum Gasteiger partial charge on any atom is -0.444 e. The van der Waals surface area contributed by atoms with Gasteiger partial charge in [0.15, 0.2) is 6.10 Å². The molecule has 2 amide bonds. The number of alkyl carbamates (subject to hydrolysis) is 1. The van der Waals surface area contributed by atoms with Crippen molar-refractivity contribution in [2.45, 2.75) is 63.9 Å². The van der Waals surface area contributed by atoms with Crippen molar-refractivity contribution in [1.82, 2.24) is 9.88 Å². The molecule has 0 saturated carbocycles. The summed E-state index contributed by atoms with van der Waals surface area (Å²) in [5.74, 6) is -0.856. The van der Waals surface area contributed by atoms with Gasteiger partial charge in [-0.3, -0.25) is 9.59 Å². The molecule has 65 heavy (non-hydrogen) atoms. The van der Waals surface area contributed by atoms with Gasteiger partial charge in [-0.15, -0.1) is 11.3 Å². The van der Waals surface area contributed by atoms with E-state index in [2.05, 4.69) is 28.1 Å². The summed E-state index contributed by atoms with van der Waals surface area (Å²) in [4.78, 5) is 42.3. The van der Waals surface area contributed by atoms with E-state index in [1.807, 2.05) is 178 Å². The van der Waals surface area contributed by atoms with Gasteiger partial charge in [-0.05, 0) is 86.1 Å². The third kappa shape index (κ3) is 10.0. The summed E-state index contributed by atoms with van der Waals surface area (Å²) in [5, 5.41) is 3.88. The van der Waals surface area contributed by atoms with Crippen molar-refractivity contribution in [2.75, 3.05) is 6.54 Å². The zero-order chi connectivity index (χ0) is 45.4. The monoisotopic (exact) mass is 879 g/mol. The smallest absolute Gasteiger partial charge is 0.407 e. The van der Waals surface area contributed by atoms with E-state index in [0.29, 0.717) is 29.1 Å². The lowest BCUT2D eigenvalue weighted by molar-refractivity contribution is -0.138. The Morgan fingerprint density at radius 2 is 1.18 bits per heavy atom. The molecule has 3 N–H and O–H groups in total. The van der Waals surface area contributed by atoms with Crippen LogP contribution >= 0.6 is 11.3 Å². The lowest BCUT2D eigenvalue weighted by Crippen LogP contribution is -2.38. The lowest BCUT2D eigenvalue weighted by Gasteiger charge is -2.38. The largest absolute Gasteiger partial charge is 0.444 e. The Labute approximate surface area is 384 Å². The maximum Gasteiger partial charge on any atom is 0.407 e. The number of carbonyl (C=O) groups excluding carboxylic acids is 3. The molecule has 1 atom stereocenters. The number of hydrogen-bond acceptors (Lipinski definition) is 6. The van der Waals surface area contributed by atoms with Gasteiger partial charge in [-0.25, -0.2) is 4.79 Å². The van der Waals surface area contributed by atoms with Crippen molar-refractivity contribution in [3.63, 3.8) is 0 Å². The predicted molar refractivity (Wildman–Crippen MR) is 261 cm³/mol. The molecule has 2 aromatic heterocycles. The van der Waals surface area contributed by atoms with E-state index in [-0.39, 0.29) is 5.78 Å². The number of unbranched alkanes of at least 4 members (excludes halogenated alkanes) is 2. The molecule has 328 valence electrons. The van der Waals surface area contributed by atoms with Gasteiger partial charge >= 0.3 is 6.09 Å². The number of carbonyl (C=O) groups is 3. The van der Waals surface area contributed by atoms with Crippen LogP contribution in [0.2, 0.25) is 0 Å². The number of nitrogens with zero attached hydrogens (tertiary/aromatic N) is 1. The summed E-state index contributed by atoms with van der Waals surface area (Å²) in [7, 11) is 0. The third-order valence-electron chi connectivity index (χ3n) is 11.4. The van der Waals surface area contributed by atoms with Gasteiger partial charge in [0.2, 0.25) is 5.78 Å². The molecule has 0 radical (unpaired) electrons. The van der Waals surface area contributed by atoms with Gasteiger partial charge in [0, 0.05) is 45.7 Å². The number of hydrogen-bond donors (Lipinski definition) is 2. The maximum absolute atomic E-state index is 14.9. The number of aryl methyl sites for hydroxylation is 1. The van der Waals surface area contributed by atoms with Crippen LogP contribution in [0.5, 0.6) is 0 Å². The quantitative estimate of drug-likeness (QED) is 0.0537. The topological polar surface area (TPSA) is 113 Å². The van der Waals surface area contributed by atoms with E-state index in [0.717, 1.165) is 68.6 Å². The Bertz CT molecular complexity index is 2770. The standard InChI is InChI=1S/C56H53N3O5S/c1-55(2,3)64-54(62)58-34-20-9-21-35-59-47(39-22-10-4-11-23-39)36-41-32-33-42(37-48(41)59)50(60)49-38-46(52(65-49)40-24-12-5-13-25-40)51(53(57)61)63-56(43-26-14-6-15-27-43,44-28-16-7-17-29-44)45-30-18-8-19-31-45/h4-8,10-19,22-33,36-38,51H,9,20-21,34-35H2,1-3H3,(H2,57,61)(H,58,62). The molecule has 0 aliphatic carbocycles. The van der Waals surface area contributed by atoms with Crippen LogP contribution in [0.15, 0.2) is 182 Å². The summed E-state index contributed by atoms with van der Waals surface area (Å²) in [6, 6.07) is 59.4. The summed E-state index contributed by atoms with van der Waals surface area (Å²) < 4.78 is 15.0. The number of thiophene rings is 1. The van der Waals surface area contributed by atoms with E-state index in [4.69, 9.17) is 15.2 Å². The molecular weight excluding hydrogens is 827 g/mol. The number of amides is 2. The van der Waals surface area contributed by atoms with Crippen LogP contribution in [0, 0.1) is 0 Å². The highest BCUT2D eigenvalue weighted by Crippen LogP contribution is 2.47. The number of ketones is 1. The molecular formula is C56H53N3O5S. The highest BCUT2D eigenvalue weighted by atomic mass is 32.1. The predicted octanol–water partition coefficient (Wildman–Crippen LogP) is 12.5. The van der Waals surface area contributed by atoms with Gasteiger partial charge < -0.3 is 25.1 Å². The lowest BCUT2D eigenvalue weighted by atomic mass is 9.79. The number of primary amides is 1. The molecule has 8 nitrogen and oxygen atoms in total. The van der Waals surface area contributed by atoms with Crippen molar-refractivity contribution >= 4 is 40.0 Å². The molecule has 6 aromatic carbocycles. The Balaban J connectivity index is 1.17. The van der Waals surface area contributed by atoms with E-state index in [9.17, 15) is 14.4 Å². The van der Waals surface area contributed by atoms with Crippen LogP contribution in [0.1, 0.15) is 83.6 Å². The minimum atomic E-state index is -1.27. The highest BCUT2D eigenvalue weighted by molar-refractivity contribution is 7.17. The number of ether oxygens (including phenoxy) is 2. The SMILES string of the molecule is CC(C)(C)OC(=O)NCCCCCn1c(-c2ccccc2)cc2ccc(C(=O)c3cc(C(OC(c4ccccc4)(c4ccccc4)c4ccccc4)C(N)=O)c(-c4ccccc4)s3)cc21. The number of rotatable bonds is 17. The number of aromatic nitrogens is 1. The van der Waals surface area contributed by atoms with Gasteiger partial charge in [0.05, 0.1) is 4.88 Å². The Morgan fingerprint density at radius 3 is 1.72 bits per heavy atom. The summed E-state index contributed by atoms with van der Waals surface area (Å²) in [6.07, 6.45) is 0.857. The van der Waals surface area contributed by atoms with Crippen LogP contribution in [0.3, 0.4) is 0 Å². The first-order valence-corrected chi connectivity index (χ1v) is 22.9. The molecule has 0 spiro atoms. The summed E-state index contributed by atoms with van der Waals surface area (Å²) >= 11 is 1.33. The van der Waals surface area contributed by atoms with Crippen molar-refractivity contribution in [2.24, 2.45) is 5.73 Å². The van der Waals surface area contributed by atoms with Crippen LogP contribution < -0.4 is 11.1 Å². The molecule has 0 aliphatic heterocycles. The van der Waals surface area contributed by atoms with Crippen molar-refractivity contribution in [1.29, 1.82) is 0 Å². The second-order valence-electron chi connectivity index (χ2n) is 17.1. The zero-order valence-corrected chi connectivity index (χ0v) is 37.7. The van der Waals surface area contributed by atoms with Crippen LogP contribution in [0.25, 0.3) is 32.6 Å². The van der Waals surface area contributed by atoms with Crippen molar-refractivity contribution < 1.29 is 23.9 Å². The van der Waals surface area contributed by atoms with Crippen molar-refractivity contribution in [3.8, 4) is 21.7 Å². The van der Waals surface area contributed by atoms with Crippen LogP contribution in [-0.2, 0) is 26.4 Å². The van der Waals surface area contributed by atoms with Crippen LogP contribution in [-0.4, -0.2) is 34.5 Å². The van der Waals surface area contributed by atoms with E-state index in [1.165, 1.54) is 11.3 Å². The third-order valence-corrected chi connectivity index (χ3v) is 12.6. The highest BCUT2D eigenvalue weighted by Gasteiger charge is 2.43. The zero-order valence-electron chi connectivity index (χ0n) is 36.9. The molecule has 0 aliphatic rings. The van der Waals surface area contributed by atoms with E-state index < -0.39 is 29.3 Å². The van der Waals surface area contributed by atoms with Crippen LogP contribution in [0.4, 0.5) is 4.79 Å². The van der Waals surface area contributed by atoms with Gasteiger partial charge in [0.1, 0.15) is 11.2 Å². The average Bonchev–Trinajstić information content (AvgIpc) is 3.93. The van der Waals surface area contributed by atoms with E-state index in [1.54, 1.807) is 6.07 Å². The number of benzene rings is 6. The molecule has 0 bridgehead atoms. The second kappa shape index (κ2) is 19.8. The summed E-state index contributed by atoms with van der Waals surface area (Å²) in [5.41, 5.74) is 12.0. The first-order valence-electron chi connectivity index (χ1n) is 22.0. The molecule has 1 unspecified atom stereocenters. The fourth-order valence-corrected chi connectivity index (χ4v) is 9.56. The molecule has 9 heteroatoms. The maximum atomic E-state index is 14.9. The number of nitrogens with one attached hydrogen (secondary N) is 1. The Morgan fingerprint density at radius 1 is 0.646 bits per heavy atom. The van der Waals surface area contributed by atoms with Gasteiger partial charge in [-0.2, -0.15) is 0 Å². The summed E-state index contributed by atoms with van der Waals surface area (Å²) in [6.45, 7) is 6.78. The molecule has 0 fully saturated rings. The normalized spacial score (nSPS) is 12.2. The first-order chi connectivity index (χ1) is 31.5. The van der Waals surface area contributed by atoms with Gasteiger partial charge in [0.25, 0.3) is 5.91 Å². The molecule has 2 heterocycles. The second-order valence-corrected chi connectivity index (χ2v) is 18.1. The molecule has 8 aromatic rings. The average molecular weight is 880 g/mol. The number of fused-ring (bicyclic) bond motifs is 1.